The van der Waals surface area contributed by atoms with Gasteiger partial charge in [-0.2, -0.15) is 0 Å². The van der Waals surface area contributed by atoms with Crippen LogP contribution in [-0.4, -0.2) is 61.8 Å². The van der Waals surface area contributed by atoms with Gasteiger partial charge in [-0.1, -0.05) is 29.5 Å². The highest BCUT2D eigenvalue weighted by atomic mass is 32.1. The summed E-state index contributed by atoms with van der Waals surface area (Å²) in [5, 5.41) is 0.968. The van der Waals surface area contributed by atoms with Crippen LogP contribution in [0.15, 0.2) is 36.4 Å². The third-order valence-electron chi connectivity index (χ3n) is 5.56. The molecule has 3 aromatic rings. The molecule has 1 amide bonds. The van der Waals surface area contributed by atoms with Gasteiger partial charge in [0, 0.05) is 26.2 Å². The Morgan fingerprint density at radius 3 is 2.67 bits per heavy atom. The SMILES string of the molecule is COc1ccc(C)c2sc(N3CCN(C(=O)C4COc5ccccc5O4)CC3)nc12. The monoisotopic (exact) mass is 425 g/mol. The predicted octanol–water partition coefficient (Wildman–Crippen LogP) is 3.10. The maximum absolute atomic E-state index is 12.9. The number of nitrogens with zero attached hydrogens (tertiary/aromatic N) is 3. The van der Waals surface area contributed by atoms with E-state index in [4.69, 9.17) is 19.2 Å². The molecular formula is C22H23N3O4S. The molecule has 0 N–H and O–H groups in total. The van der Waals surface area contributed by atoms with Gasteiger partial charge in [0.15, 0.2) is 16.6 Å². The van der Waals surface area contributed by atoms with Gasteiger partial charge >= 0.3 is 0 Å². The average molecular weight is 426 g/mol. The standard InChI is InChI=1S/C22H23N3O4S/c1-14-7-8-17(27-2)19-20(14)30-22(23-19)25-11-9-24(10-12-25)21(26)18-13-28-15-5-3-4-6-16(15)29-18/h3-8,18H,9-13H2,1-2H3. The highest BCUT2D eigenvalue weighted by molar-refractivity contribution is 7.22. The summed E-state index contributed by atoms with van der Waals surface area (Å²) < 4.78 is 18.2. The van der Waals surface area contributed by atoms with Crippen LogP contribution < -0.4 is 19.1 Å². The highest BCUT2D eigenvalue weighted by Crippen LogP contribution is 2.37. The van der Waals surface area contributed by atoms with Gasteiger partial charge in [0.2, 0.25) is 6.10 Å². The minimum atomic E-state index is -0.596. The summed E-state index contributed by atoms with van der Waals surface area (Å²) in [5.74, 6) is 2.08. The zero-order chi connectivity index (χ0) is 20.7. The topological polar surface area (TPSA) is 64.1 Å². The van der Waals surface area contributed by atoms with Crippen molar-refractivity contribution in [3.63, 3.8) is 0 Å². The molecule has 1 atom stereocenters. The average Bonchev–Trinajstić information content (AvgIpc) is 3.25. The van der Waals surface area contributed by atoms with Crippen molar-refractivity contribution in [3.8, 4) is 17.2 Å². The van der Waals surface area contributed by atoms with Gasteiger partial charge in [-0.3, -0.25) is 4.79 Å². The first-order valence-electron chi connectivity index (χ1n) is 10.0. The van der Waals surface area contributed by atoms with Crippen molar-refractivity contribution in [1.82, 2.24) is 9.88 Å². The van der Waals surface area contributed by atoms with E-state index in [1.54, 1.807) is 18.4 Å². The maximum atomic E-state index is 12.9. The number of para-hydroxylation sites is 2. The van der Waals surface area contributed by atoms with Gasteiger partial charge < -0.3 is 24.0 Å². The van der Waals surface area contributed by atoms with Crippen LogP contribution in [0.1, 0.15) is 5.56 Å². The van der Waals surface area contributed by atoms with Crippen LogP contribution in [0.3, 0.4) is 0 Å². The lowest BCUT2D eigenvalue weighted by Crippen LogP contribution is -2.54. The lowest BCUT2D eigenvalue weighted by molar-refractivity contribution is -0.141. The van der Waals surface area contributed by atoms with Crippen LogP contribution >= 0.6 is 11.3 Å². The van der Waals surface area contributed by atoms with E-state index in [0.29, 0.717) is 24.6 Å². The van der Waals surface area contributed by atoms with Crippen LogP contribution in [0.5, 0.6) is 17.2 Å². The van der Waals surface area contributed by atoms with Gasteiger partial charge in [-0.25, -0.2) is 4.98 Å². The van der Waals surface area contributed by atoms with Gasteiger partial charge in [-0.15, -0.1) is 0 Å². The summed E-state index contributed by atoms with van der Waals surface area (Å²) in [7, 11) is 1.67. The minimum Gasteiger partial charge on any atom is -0.494 e. The van der Waals surface area contributed by atoms with Crippen LogP contribution in [0.2, 0.25) is 0 Å². The van der Waals surface area contributed by atoms with Crippen molar-refractivity contribution in [2.75, 3.05) is 44.8 Å². The number of piperazine rings is 1. The first kappa shape index (κ1) is 19.0. The zero-order valence-electron chi connectivity index (χ0n) is 17.0. The number of fused-ring (bicyclic) bond motifs is 2. The van der Waals surface area contributed by atoms with Gasteiger partial charge in [0.1, 0.15) is 17.9 Å². The summed E-state index contributed by atoms with van der Waals surface area (Å²) in [6.07, 6.45) is -0.596. The Balaban J connectivity index is 1.26. The molecule has 0 radical (unpaired) electrons. The molecule has 5 rings (SSSR count). The van der Waals surface area contributed by atoms with E-state index in [9.17, 15) is 4.79 Å². The second-order valence-electron chi connectivity index (χ2n) is 7.44. The molecule has 0 aliphatic carbocycles. The molecule has 0 spiro atoms. The van der Waals surface area contributed by atoms with Gasteiger partial charge in [-0.05, 0) is 30.7 Å². The molecule has 30 heavy (non-hydrogen) atoms. The summed E-state index contributed by atoms with van der Waals surface area (Å²) in [4.78, 5) is 21.9. The first-order valence-corrected chi connectivity index (χ1v) is 10.8. The third kappa shape index (κ3) is 3.31. The number of rotatable bonds is 3. The van der Waals surface area contributed by atoms with E-state index in [1.807, 2.05) is 35.2 Å². The zero-order valence-corrected chi connectivity index (χ0v) is 17.8. The molecule has 2 aliphatic rings. The normalized spacial score (nSPS) is 18.5. The number of carbonyl (C=O) groups excluding carboxylic acids is 1. The molecule has 1 saturated heterocycles. The van der Waals surface area contributed by atoms with Crippen LogP contribution in [0.25, 0.3) is 10.2 Å². The van der Waals surface area contributed by atoms with Crippen LogP contribution in [-0.2, 0) is 4.79 Å². The molecule has 2 aliphatic heterocycles. The molecule has 7 nitrogen and oxygen atoms in total. The van der Waals surface area contributed by atoms with Crippen molar-refractivity contribution < 1.29 is 19.0 Å². The Bertz CT molecular complexity index is 1090. The first-order chi connectivity index (χ1) is 14.6. The molecule has 2 aromatic carbocycles. The van der Waals surface area contributed by atoms with E-state index in [-0.39, 0.29) is 12.5 Å². The number of aryl methyl sites for hydroxylation is 1. The Labute approximate surface area is 178 Å². The highest BCUT2D eigenvalue weighted by Gasteiger charge is 2.33. The summed E-state index contributed by atoms with van der Waals surface area (Å²) in [6, 6.07) is 11.5. The number of ether oxygens (including phenoxy) is 3. The molecule has 1 aromatic heterocycles. The summed E-state index contributed by atoms with van der Waals surface area (Å²) in [6.45, 7) is 5.06. The Morgan fingerprint density at radius 1 is 1.13 bits per heavy atom. The van der Waals surface area contributed by atoms with Crippen molar-refractivity contribution in [2.45, 2.75) is 13.0 Å². The number of benzene rings is 2. The van der Waals surface area contributed by atoms with E-state index in [2.05, 4.69) is 17.9 Å². The Hall–Kier alpha value is -3.00. The van der Waals surface area contributed by atoms with Crippen molar-refractivity contribution in [1.29, 1.82) is 0 Å². The Morgan fingerprint density at radius 2 is 1.90 bits per heavy atom. The number of anilines is 1. The van der Waals surface area contributed by atoms with E-state index in [1.165, 1.54) is 5.56 Å². The van der Waals surface area contributed by atoms with Crippen molar-refractivity contribution in [2.24, 2.45) is 0 Å². The second kappa shape index (κ2) is 7.68. The van der Waals surface area contributed by atoms with E-state index in [0.717, 1.165) is 34.2 Å². The molecule has 8 heteroatoms. The molecule has 0 saturated carbocycles. The lowest BCUT2D eigenvalue weighted by atomic mass is 10.2. The third-order valence-corrected chi connectivity index (χ3v) is 6.81. The smallest absolute Gasteiger partial charge is 0.267 e. The van der Waals surface area contributed by atoms with Gasteiger partial charge in [0.05, 0.1) is 11.8 Å². The number of aromatic nitrogens is 1. The quantitative estimate of drug-likeness (QED) is 0.643. The number of carbonyl (C=O) groups is 1. The fourth-order valence-electron chi connectivity index (χ4n) is 3.86. The molecule has 156 valence electrons. The predicted molar refractivity (Wildman–Crippen MR) is 116 cm³/mol. The minimum absolute atomic E-state index is 0.0223. The number of hydrogen-bond acceptors (Lipinski definition) is 7. The van der Waals surface area contributed by atoms with Crippen molar-refractivity contribution >= 4 is 32.6 Å². The maximum Gasteiger partial charge on any atom is 0.267 e. The summed E-state index contributed by atoms with van der Waals surface area (Å²) >= 11 is 1.68. The molecule has 0 bridgehead atoms. The van der Waals surface area contributed by atoms with E-state index >= 15 is 0 Å². The molecular weight excluding hydrogens is 402 g/mol. The van der Waals surface area contributed by atoms with Gasteiger partial charge in [0.25, 0.3) is 5.91 Å². The second-order valence-corrected chi connectivity index (χ2v) is 8.41. The largest absolute Gasteiger partial charge is 0.494 e. The number of amides is 1. The fraction of sp³-hybridized carbons (Fsp3) is 0.364. The fourth-order valence-corrected chi connectivity index (χ4v) is 4.96. The number of thiazole rings is 1. The number of hydrogen-bond donors (Lipinski definition) is 0. The lowest BCUT2D eigenvalue weighted by Gasteiger charge is -2.37. The molecule has 1 fully saturated rings. The van der Waals surface area contributed by atoms with Crippen molar-refractivity contribution in [3.05, 3.63) is 42.0 Å². The molecule has 3 heterocycles. The van der Waals surface area contributed by atoms with Crippen LogP contribution in [0.4, 0.5) is 5.13 Å². The van der Waals surface area contributed by atoms with Crippen LogP contribution in [0, 0.1) is 6.92 Å². The summed E-state index contributed by atoms with van der Waals surface area (Å²) in [5.41, 5.74) is 2.10. The molecule has 1 unspecified atom stereocenters. The van der Waals surface area contributed by atoms with E-state index < -0.39 is 6.10 Å². The number of methoxy groups -OCH3 is 1. The Kier molecular flexibility index (Phi) is 4.86.